The van der Waals surface area contributed by atoms with Gasteiger partial charge in [-0.2, -0.15) is 0 Å². The van der Waals surface area contributed by atoms with E-state index in [0.29, 0.717) is 43.2 Å². The number of aromatic nitrogens is 1. The minimum Gasteiger partial charge on any atom is -0.497 e. The second kappa shape index (κ2) is 6.92. The molecule has 0 atom stereocenters. The number of ether oxygens (including phenoxy) is 2. The lowest BCUT2D eigenvalue weighted by Crippen LogP contribution is -2.40. The van der Waals surface area contributed by atoms with Gasteiger partial charge in [-0.05, 0) is 36.8 Å². The number of hydrogen-bond donors (Lipinski definition) is 2. The Morgan fingerprint density at radius 1 is 1.30 bits per heavy atom. The van der Waals surface area contributed by atoms with E-state index < -0.39 is 0 Å². The summed E-state index contributed by atoms with van der Waals surface area (Å²) in [4.78, 5) is 30.1. The van der Waals surface area contributed by atoms with Gasteiger partial charge in [0.25, 0.3) is 11.8 Å². The minimum atomic E-state index is -0.173. The van der Waals surface area contributed by atoms with Crippen molar-refractivity contribution in [2.24, 2.45) is 0 Å². The first-order chi connectivity index (χ1) is 13.1. The van der Waals surface area contributed by atoms with Gasteiger partial charge in [0.2, 0.25) is 0 Å². The molecular weight excluding hydrogens is 346 g/mol. The zero-order chi connectivity index (χ0) is 19.0. The van der Waals surface area contributed by atoms with Crippen molar-refractivity contribution in [2.45, 2.75) is 6.92 Å². The monoisotopic (exact) mass is 367 g/mol. The van der Waals surface area contributed by atoms with E-state index in [-0.39, 0.29) is 11.8 Å². The smallest absolute Gasteiger partial charge is 0.256 e. The SMILES string of the molecule is COc1ccc2c(c1)/C(=C/c1[nH]cc(C(=O)N3CCOCC3)c1C)C(=O)N2. The van der Waals surface area contributed by atoms with Crippen molar-refractivity contribution >= 4 is 29.2 Å². The highest BCUT2D eigenvalue weighted by molar-refractivity contribution is 6.35. The molecule has 1 aromatic carbocycles. The number of methoxy groups -OCH3 is 1. The van der Waals surface area contributed by atoms with Crippen LogP contribution in [0.4, 0.5) is 5.69 Å². The quantitative estimate of drug-likeness (QED) is 0.816. The van der Waals surface area contributed by atoms with Crippen molar-refractivity contribution in [2.75, 3.05) is 38.7 Å². The Balaban J connectivity index is 1.67. The summed E-state index contributed by atoms with van der Waals surface area (Å²) in [5, 5.41) is 2.85. The standard InChI is InChI=1S/C20H21N3O4/c1-12-16(20(25)23-5-7-27-8-6-23)11-21-18(12)10-15-14-9-13(26-2)3-4-17(14)22-19(15)24/h3-4,9-11,21H,5-8H2,1-2H3,(H,22,24)/b15-10-. The summed E-state index contributed by atoms with van der Waals surface area (Å²) in [5.74, 6) is 0.491. The predicted octanol–water partition coefficient (Wildman–Crippen LogP) is 2.30. The van der Waals surface area contributed by atoms with Gasteiger partial charge in [0, 0.05) is 36.2 Å². The number of rotatable bonds is 3. The molecule has 0 unspecified atom stereocenters. The van der Waals surface area contributed by atoms with Crippen LogP contribution in [0.5, 0.6) is 5.75 Å². The van der Waals surface area contributed by atoms with E-state index in [9.17, 15) is 9.59 Å². The van der Waals surface area contributed by atoms with Crippen LogP contribution in [-0.2, 0) is 9.53 Å². The maximum atomic E-state index is 12.8. The Labute approximate surface area is 157 Å². The van der Waals surface area contributed by atoms with Gasteiger partial charge in [0.1, 0.15) is 5.75 Å². The Morgan fingerprint density at radius 2 is 2.07 bits per heavy atom. The molecule has 2 aliphatic rings. The Hall–Kier alpha value is -3.06. The van der Waals surface area contributed by atoms with Gasteiger partial charge in [-0.25, -0.2) is 0 Å². The molecule has 3 heterocycles. The normalized spacial score (nSPS) is 17.8. The van der Waals surface area contributed by atoms with Crippen LogP contribution in [0.3, 0.4) is 0 Å². The average molecular weight is 367 g/mol. The molecule has 1 fully saturated rings. The number of benzene rings is 1. The molecule has 2 N–H and O–H groups in total. The lowest BCUT2D eigenvalue weighted by atomic mass is 10.0. The number of anilines is 1. The lowest BCUT2D eigenvalue weighted by molar-refractivity contribution is -0.110. The molecule has 140 valence electrons. The molecule has 2 aromatic rings. The highest BCUT2D eigenvalue weighted by Gasteiger charge is 2.26. The van der Waals surface area contributed by atoms with Crippen molar-refractivity contribution in [3.8, 4) is 5.75 Å². The molecule has 1 saturated heterocycles. The van der Waals surface area contributed by atoms with Gasteiger partial charge < -0.3 is 24.7 Å². The predicted molar refractivity (Wildman–Crippen MR) is 102 cm³/mol. The Kier molecular flexibility index (Phi) is 4.45. The summed E-state index contributed by atoms with van der Waals surface area (Å²) < 4.78 is 10.6. The number of H-pyrrole nitrogens is 1. The molecule has 0 aliphatic carbocycles. The first-order valence-corrected chi connectivity index (χ1v) is 8.85. The first-order valence-electron chi connectivity index (χ1n) is 8.85. The minimum absolute atomic E-state index is 0.0188. The number of amides is 2. The molecule has 4 rings (SSSR count). The molecule has 0 bridgehead atoms. The van der Waals surface area contributed by atoms with E-state index in [0.717, 1.165) is 22.5 Å². The van der Waals surface area contributed by atoms with Gasteiger partial charge in [-0.3, -0.25) is 9.59 Å². The number of aromatic amines is 1. The fourth-order valence-electron chi connectivity index (χ4n) is 3.40. The van der Waals surface area contributed by atoms with E-state index in [1.807, 2.05) is 19.1 Å². The number of nitrogens with zero attached hydrogens (tertiary/aromatic N) is 1. The largest absolute Gasteiger partial charge is 0.497 e. The van der Waals surface area contributed by atoms with Gasteiger partial charge >= 0.3 is 0 Å². The summed E-state index contributed by atoms with van der Waals surface area (Å²) in [7, 11) is 1.59. The Morgan fingerprint density at radius 3 is 2.81 bits per heavy atom. The summed E-state index contributed by atoms with van der Waals surface area (Å²) in [6, 6.07) is 5.46. The third-order valence-electron chi connectivity index (χ3n) is 5.01. The van der Waals surface area contributed by atoms with E-state index in [1.165, 1.54) is 0 Å². The Bertz CT molecular complexity index is 939. The maximum absolute atomic E-state index is 12.8. The lowest BCUT2D eigenvalue weighted by Gasteiger charge is -2.26. The van der Waals surface area contributed by atoms with E-state index >= 15 is 0 Å². The number of morpholine rings is 1. The third kappa shape index (κ3) is 3.10. The summed E-state index contributed by atoms with van der Waals surface area (Å²) >= 11 is 0. The van der Waals surface area contributed by atoms with Gasteiger partial charge in [-0.15, -0.1) is 0 Å². The second-order valence-corrected chi connectivity index (χ2v) is 6.57. The zero-order valence-electron chi connectivity index (χ0n) is 15.3. The van der Waals surface area contributed by atoms with Gasteiger partial charge in [-0.1, -0.05) is 0 Å². The molecule has 7 heteroatoms. The topological polar surface area (TPSA) is 83.7 Å². The second-order valence-electron chi connectivity index (χ2n) is 6.57. The van der Waals surface area contributed by atoms with Crippen LogP contribution in [0.1, 0.15) is 27.2 Å². The maximum Gasteiger partial charge on any atom is 0.256 e. The fourth-order valence-corrected chi connectivity index (χ4v) is 3.40. The molecular formula is C20H21N3O4. The summed E-state index contributed by atoms with van der Waals surface area (Å²) in [5.41, 5.74) is 4.26. The number of carbonyl (C=O) groups excluding carboxylic acids is 2. The van der Waals surface area contributed by atoms with Crippen LogP contribution in [0.25, 0.3) is 11.6 Å². The van der Waals surface area contributed by atoms with Crippen LogP contribution in [-0.4, -0.2) is 55.1 Å². The van der Waals surface area contributed by atoms with E-state index in [2.05, 4.69) is 10.3 Å². The van der Waals surface area contributed by atoms with E-state index in [1.54, 1.807) is 30.3 Å². The fraction of sp³-hybridized carbons (Fsp3) is 0.300. The highest BCUT2D eigenvalue weighted by Crippen LogP contribution is 2.36. The van der Waals surface area contributed by atoms with E-state index in [4.69, 9.17) is 9.47 Å². The number of nitrogens with one attached hydrogen (secondary N) is 2. The van der Waals surface area contributed by atoms with Crippen LogP contribution in [0.15, 0.2) is 24.4 Å². The third-order valence-corrected chi connectivity index (χ3v) is 5.01. The van der Waals surface area contributed by atoms with Crippen molar-refractivity contribution in [3.63, 3.8) is 0 Å². The highest BCUT2D eigenvalue weighted by atomic mass is 16.5. The molecule has 1 aromatic heterocycles. The first kappa shape index (κ1) is 17.4. The average Bonchev–Trinajstić information content (AvgIpc) is 3.21. The number of carbonyl (C=O) groups is 2. The van der Waals surface area contributed by atoms with Crippen LogP contribution in [0.2, 0.25) is 0 Å². The van der Waals surface area contributed by atoms with Crippen molar-refractivity contribution in [3.05, 3.63) is 46.8 Å². The zero-order valence-corrected chi connectivity index (χ0v) is 15.3. The number of fused-ring (bicyclic) bond motifs is 1. The molecule has 2 aliphatic heterocycles. The summed E-state index contributed by atoms with van der Waals surface area (Å²) in [6.45, 7) is 4.19. The van der Waals surface area contributed by atoms with Crippen LogP contribution in [0, 0.1) is 6.92 Å². The molecule has 7 nitrogen and oxygen atoms in total. The molecule has 27 heavy (non-hydrogen) atoms. The molecule has 0 spiro atoms. The van der Waals surface area contributed by atoms with Gasteiger partial charge in [0.15, 0.2) is 0 Å². The van der Waals surface area contributed by atoms with Crippen molar-refractivity contribution in [1.29, 1.82) is 0 Å². The summed E-state index contributed by atoms with van der Waals surface area (Å²) in [6.07, 6.45) is 3.49. The molecule has 0 saturated carbocycles. The molecule has 0 radical (unpaired) electrons. The van der Waals surface area contributed by atoms with Crippen molar-refractivity contribution in [1.82, 2.24) is 9.88 Å². The van der Waals surface area contributed by atoms with Crippen molar-refractivity contribution < 1.29 is 19.1 Å². The molecule has 2 amide bonds. The van der Waals surface area contributed by atoms with Gasteiger partial charge in [0.05, 0.1) is 31.5 Å². The van der Waals surface area contributed by atoms with Crippen LogP contribution >= 0.6 is 0 Å². The number of hydrogen-bond acceptors (Lipinski definition) is 4. The van der Waals surface area contributed by atoms with Crippen LogP contribution < -0.4 is 10.1 Å².